The minimum atomic E-state index is -0.793. The van der Waals surface area contributed by atoms with Crippen molar-refractivity contribution in [3.05, 3.63) is 45.3 Å². The van der Waals surface area contributed by atoms with Crippen LogP contribution in [0.1, 0.15) is 86.2 Å². The third-order valence-corrected chi connectivity index (χ3v) is 9.00. The summed E-state index contributed by atoms with van der Waals surface area (Å²) in [6.45, 7) is 7.97. The molecule has 1 aliphatic carbocycles. The van der Waals surface area contributed by atoms with Crippen molar-refractivity contribution in [3.8, 4) is 0 Å². The van der Waals surface area contributed by atoms with E-state index in [-0.39, 0.29) is 24.8 Å². The molecule has 204 valence electrons. The molecule has 5 rings (SSSR count). The maximum Gasteiger partial charge on any atom is 0.249 e. The smallest absolute Gasteiger partial charge is 0.249 e. The molecule has 1 aromatic carbocycles. The van der Waals surface area contributed by atoms with Crippen molar-refractivity contribution in [1.82, 2.24) is 9.80 Å². The van der Waals surface area contributed by atoms with E-state index in [2.05, 4.69) is 14.9 Å². The van der Waals surface area contributed by atoms with Crippen LogP contribution in [-0.4, -0.2) is 77.9 Å². The van der Waals surface area contributed by atoms with Gasteiger partial charge >= 0.3 is 0 Å². The van der Waals surface area contributed by atoms with Gasteiger partial charge < -0.3 is 20.3 Å². The number of benzene rings is 1. The van der Waals surface area contributed by atoms with Crippen LogP contribution in [-0.2, 0) is 14.3 Å². The van der Waals surface area contributed by atoms with E-state index < -0.39 is 35.4 Å². The van der Waals surface area contributed by atoms with Crippen LogP contribution in [0.4, 0.5) is 0 Å². The lowest BCUT2D eigenvalue weighted by Crippen LogP contribution is -2.47. The summed E-state index contributed by atoms with van der Waals surface area (Å²) in [4.78, 5) is 46.6. The van der Waals surface area contributed by atoms with Crippen LogP contribution in [0, 0.1) is 5.41 Å². The molecule has 0 unspecified atom stereocenters. The van der Waals surface area contributed by atoms with E-state index in [0.29, 0.717) is 17.0 Å². The Morgan fingerprint density at radius 2 is 1.89 bits per heavy atom. The van der Waals surface area contributed by atoms with Gasteiger partial charge in [0, 0.05) is 23.1 Å². The van der Waals surface area contributed by atoms with Gasteiger partial charge in [0.2, 0.25) is 11.8 Å². The lowest BCUT2D eigenvalue weighted by Gasteiger charge is -2.42. The summed E-state index contributed by atoms with van der Waals surface area (Å²) in [5, 5.41) is 3.81. The Labute approximate surface area is 223 Å². The van der Waals surface area contributed by atoms with Crippen molar-refractivity contribution in [1.29, 1.82) is 0 Å². The molecule has 10 nitrogen and oxygen atoms in total. The third-order valence-electron chi connectivity index (χ3n) is 9.00. The van der Waals surface area contributed by atoms with Gasteiger partial charge in [-0.15, -0.1) is 0 Å². The fourth-order valence-corrected chi connectivity index (χ4v) is 6.81. The first-order valence-corrected chi connectivity index (χ1v) is 13.8. The summed E-state index contributed by atoms with van der Waals surface area (Å²) in [5.41, 5.74) is 16.3. The number of piperidine rings is 1. The molecule has 0 bridgehead atoms. The second-order valence-corrected chi connectivity index (χ2v) is 12.4. The van der Waals surface area contributed by atoms with Crippen molar-refractivity contribution < 1.29 is 19.1 Å². The summed E-state index contributed by atoms with van der Waals surface area (Å²) in [5.74, 6) is -1.44. The number of likely N-dealkylation sites (tertiary alicyclic amines) is 2. The molecule has 4 fully saturated rings. The number of ether oxygens (including phenoxy) is 1. The third kappa shape index (κ3) is 4.81. The number of Topliss-reactive ketones (excluding diaryl/α,β-unsaturated/α-hetero) is 1. The normalized spacial score (nSPS) is 27.5. The van der Waals surface area contributed by atoms with Crippen molar-refractivity contribution in [2.75, 3.05) is 26.2 Å². The average molecular weight is 523 g/mol. The van der Waals surface area contributed by atoms with Gasteiger partial charge in [-0.2, -0.15) is 0 Å². The standard InChI is InChI=1S/C28H38N6O4/c1-28(2,3)23(27(37)34-14-21(31-32-30)25-24(34)22(35)15-38-25)20-13-17(7-8-19(20)26(29)36)16-9-11-33(12-10-16)18-5-4-6-18/h7-8,13,16,18,21,23-25H,4-6,9-12,14-15H2,1-3H3,(H2,29,36)/t21-,23+,24-,25-/m1/s1. The summed E-state index contributed by atoms with van der Waals surface area (Å²) in [6.07, 6.45) is 5.34. The lowest BCUT2D eigenvalue weighted by atomic mass is 9.72. The maximum atomic E-state index is 14.3. The predicted molar refractivity (Wildman–Crippen MR) is 142 cm³/mol. The van der Waals surface area contributed by atoms with E-state index >= 15 is 0 Å². The highest BCUT2D eigenvalue weighted by Crippen LogP contribution is 2.43. The maximum absolute atomic E-state index is 14.3. The Morgan fingerprint density at radius 1 is 1.18 bits per heavy atom. The number of hydrogen-bond acceptors (Lipinski definition) is 6. The Hall–Kier alpha value is -2.94. The molecule has 0 spiro atoms. The van der Waals surface area contributed by atoms with Gasteiger partial charge in [-0.1, -0.05) is 44.4 Å². The largest absolute Gasteiger partial charge is 0.367 e. The topological polar surface area (TPSA) is 142 Å². The molecule has 3 saturated heterocycles. The zero-order chi connectivity index (χ0) is 27.2. The molecule has 3 heterocycles. The molecule has 3 aliphatic heterocycles. The van der Waals surface area contributed by atoms with E-state index in [9.17, 15) is 14.4 Å². The Morgan fingerprint density at radius 3 is 2.47 bits per heavy atom. The van der Waals surface area contributed by atoms with E-state index in [1.54, 1.807) is 6.07 Å². The van der Waals surface area contributed by atoms with Crippen molar-refractivity contribution >= 4 is 17.6 Å². The van der Waals surface area contributed by atoms with E-state index in [1.165, 1.54) is 24.2 Å². The predicted octanol–water partition coefficient (Wildman–Crippen LogP) is 3.50. The van der Waals surface area contributed by atoms with Crippen molar-refractivity contribution in [3.63, 3.8) is 0 Å². The minimum absolute atomic E-state index is 0.0990. The highest BCUT2D eigenvalue weighted by atomic mass is 16.5. The Bertz CT molecular complexity index is 1160. The van der Waals surface area contributed by atoms with Crippen LogP contribution in [0.2, 0.25) is 0 Å². The van der Waals surface area contributed by atoms with Crippen LogP contribution in [0.3, 0.4) is 0 Å². The van der Waals surface area contributed by atoms with E-state index in [4.69, 9.17) is 16.0 Å². The zero-order valence-corrected chi connectivity index (χ0v) is 22.5. The molecule has 4 atom stereocenters. The second kappa shape index (κ2) is 10.3. The number of nitrogens with two attached hydrogens (primary N) is 1. The molecule has 38 heavy (non-hydrogen) atoms. The number of carbonyl (C=O) groups is 3. The number of ketones is 1. The van der Waals surface area contributed by atoms with Gasteiger partial charge in [-0.3, -0.25) is 14.4 Å². The molecule has 1 aromatic rings. The fourth-order valence-electron chi connectivity index (χ4n) is 6.81. The monoisotopic (exact) mass is 522 g/mol. The van der Waals surface area contributed by atoms with Crippen LogP contribution < -0.4 is 5.73 Å². The van der Waals surface area contributed by atoms with Crippen molar-refractivity contribution in [2.45, 2.75) is 88.9 Å². The Balaban J connectivity index is 1.48. The number of hydrogen-bond donors (Lipinski definition) is 1. The van der Waals surface area contributed by atoms with Crippen LogP contribution in [0.5, 0.6) is 0 Å². The summed E-state index contributed by atoms with van der Waals surface area (Å²) >= 11 is 0. The number of nitrogens with zero attached hydrogens (tertiary/aromatic N) is 5. The van der Waals surface area contributed by atoms with Crippen LogP contribution >= 0.6 is 0 Å². The number of fused-ring (bicyclic) bond motifs is 1. The first-order chi connectivity index (χ1) is 18.1. The Kier molecular flexibility index (Phi) is 7.24. The molecule has 4 aliphatic rings. The van der Waals surface area contributed by atoms with Gasteiger partial charge in [0.05, 0.1) is 18.1 Å². The highest BCUT2D eigenvalue weighted by molar-refractivity contribution is 5.99. The minimum Gasteiger partial charge on any atom is -0.367 e. The average Bonchev–Trinajstić information content (AvgIpc) is 3.38. The second-order valence-electron chi connectivity index (χ2n) is 12.4. The SMILES string of the molecule is CC(C)(C)[C@H](C(=O)N1C[C@@H](N=[N+]=[N-])[C@H]2OCC(=O)[C@H]21)c1cc(C2CCN(C3CCC3)CC2)ccc1C(N)=O. The van der Waals surface area contributed by atoms with Crippen LogP contribution in [0.15, 0.2) is 23.3 Å². The molecule has 2 N–H and O–H groups in total. The number of rotatable bonds is 6. The summed E-state index contributed by atoms with van der Waals surface area (Å²) in [7, 11) is 0. The van der Waals surface area contributed by atoms with Gasteiger partial charge in [0.15, 0.2) is 5.78 Å². The van der Waals surface area contributed by atoms with Crippen LogP contribution in [0.25, 0.3) is 10.4 Å². The molecular weight excluding hydrogens is 484 g/mol. The van der Waals surface area contributed by atoms with E-state index in [0.717, 1.165) is 37.5 Å². The lowest BCUT2D eigenvalue weighted by molar-refractivity contribution is -0.139. The van der Waals surface area contributed by atoms with Crippen molar-refractivity contribution in [2.24, 2.45) is 16.3 Å². The van der Waals surface area contributed by atoms with E-state index in [1.807, 2.05) is 32.9 Å². The number of primary amides is 1. The number of azide groups is 1. The van der Waals surface area contributed by atoms with Gasteiger partial charge in [0.25, 0.3) is 0 Å². The van der Waals surface area contributed by atoms with Gasteiger partial charge in [-0.25, -0.2) is 0 Å². The number of carbonyl (C=O) groups excluding carboxylic acids is 3. The number of amides is 2. The molecular formula is C28H38N6O4. The van der Waals surface area contributed by atoms with Gasteiger partial charge in [0.1, 0.15) is 12.6 Å². The summed E-state index contributed by atoms with van der Waals surface area (Å²) in [6, 6.07) is 5.05. The first-order valence-electron chi connectivity index (χ1n) is 13.8. The molecule has 1 saturated carbocycles. The molecule has 10 heteroatoms. The molecule has 0 aromatic heterocycles. The quantitative estimate of drug-likeness (QED) is 0.346. The zero-order valence-electron chi connectivity index (χ0n) is 22.5. The molecule has 2 amide bonds. The highest BCUT2D eigenvalue weighted by Gasteiger charge is 2.54. The molecule has 0 radical (unpaired) electrons. The summed E-state index contributed by atoms with van der Waals surface area (Å²) < 4.78 is 5.62. The fraction of sp³-hybridized carbons (Fsp3) is 0.679. The van der Waals surface area contributed by atoms with Gasteiger partial charge in [-0.05, 0) is 72.8 Å². The first kappa shape index (κ1) is 26.7.